The maximum absolute atomic E-state index is 13.1. The minimum atomic E-state index is -0.380. The number of nitrogens with two attached hydrogens (primary N) is 1. The standard InChI is InChI=1S/C13H14Br2FN3/c1-7(2)19-13(11(15)6-18-19)12(17)9-4-3-8(16)5-10(9)14/h3-7,12H,17H2,1-2H3. The first kappa shape index (κ1) is 14.7. The predicted octanol–water partition coefficient (Wildman–Crippen LogP) is 4.18. The molecule has 0 aliphatic rings. The van der Waals surface area contributed by atoms with Gasteiger partial charge in [0.05, 0.1) is 22.4 Å². The second kappa shape index (κ2) is 5.73. The Morgan fingerprint density at radius 3 is 2.53 bits per heavy atom. The highest BCUT2D eigenvalue weighted by Gasteiger charge is 2.21. The molecule has 2 rings (SSSR count). The van der Waals surface area contributed by atoms with Crippen LogP contribution < -0.4 is 5.73 Å². The van der Waals surface area contributed by atoms with E-state index in [1.54, 1.807) is 12.3 Å². The molecule has 1 heterocycles. The van der Waals surface area contributed by atoms with Gasteiger partial charge in [0.25, 0.3) is 0 Å². The van der Waals surface area contributed by atoms with Crippen LogP contribution in [0.5, 0.6) is 0 Å². The highest BCUT2D eigenvalue weighted by atomic mass is 79.9. The van der Waals surface area contributed by atoms with E-state index in [4.69, 9.17) is 5.73 Å². The zero-order valence-electron chi connectivity index (χ0n) is 10.6. The molecule has 1 unspecified atom stereocenters. The number of rotatable bonds is 3. The highest BCUT2D eigenvalue weighted by Crippen LogP contribution is 2.32. The van der Waals surface area contributed by atoms with Crippen LogP contribution in [0.3, 0.4) is 0 Å². The SMILES string of the molecule is CC(C)n1ncc(Br)c1C(N)c1ccc(F)cc1Br. The largest absolute Gasteiger partial charge is 0.319 e. The third-order valence-electron chi connectivity index (χ3n) is 2.87. The Labute approximate surface area is 128 Å². The van der Waals surface area contributed by atoms with Crippen molar-refractivity contribution in [2.45, 2.75) is 25.9 Å². The minimum absolute atomic E-state index is 0.201. The number of hydrogen-bond acceptors (Lipinski definition) is 2. The smallest absolute Gasteiger partial charge is 0.124 e. The molecule has 0 saturated heterocycles. The van der Waals surface area contributed by atoms with Crippen LogP contribution in [0, 0.1) is 5.82 Å². The van der Waals surface area contributed by atoms with Gasteiger partial charge in [0.2, 0.25) is 0 Å². The summed E-state index contributed by atoms with van der Waals surface area (Å²) in [5.41, 5.74) is 8.01. The quantitative estimate of drug-likeness (QED) is 0.854. The minimum Gasteiger partial charge on any atom is -0.319 e. The van der Waals surface area contributed by atoms with Gasteiger partial charge in [0.15, 0.2) is 0 Å². The van der Waals surface area contributed by atoms with E-state index in [9.17, 15) is 4.39 Å². The van der Waals surface area contributed by atoms with Crippen molar-refractivity contribution in [1.29, 1.82) is 0 Å². The van der Waals surface area contributed by atoms with Gasteiger partial charge in [0.1, 0.15) is 5.82 Å². The normalized spacial score (nSPS) is 13.0. The van der Waals surface area contributed by atoms with E-state index in [0.717, 1.165) is 15.7 Å². The molecule has 3 nitrogen and oxygen atoms in total. The van der Waals surface area contributed by atoms with Crippen LogP contribution in [0.25, 0.3) is 0 Å². The molecule has 0 amide bonds. The Morgan fingerprint density at radius 2 is 1.95 bits per heavy atom. The van der Waals surface area contributed by atoms with Crippen LogP contribution in [0.15, 0.2) is 33.3 Å². The lowest BCUT2D eigenvalue weighted by molar-refractivity contribution is 0.498. The van der Waals surface area contributed by atoms with Crippen molar-refractivity contribution in [3.63, 3.8) is 0 Å². The summed E-state index contributed by atoms with van der Waals surface area (Å²) in [7, 11) is 0. The second-order valence-electron chi connectivity index (χ2n) is 4.56. The Morgan fingerprint density at radius 1 is 1.26 bits per heavy atom. The van der Waals surface area contributed by atoms with Crippen LogP contribution >= 0.6 is 31.9 Å². The summed E-state index contributed by atoms with van der Waals surface area (Å²) >= 11 is 6.82. The average Bonchev–Trinajstić information content (AvgIpc) is 2.70. The molecule has 1 aromatic heterocycles. The average molecular weight is 391 g/mol. The number of halogens is 3. The van der Waals surface area contributed by atoms with Crippen LogP contribution in [0.2, 0.25) is 0 Å². The monoisotopic (exact) mass is 389 g/mol. The molecule has 0 fully saturated rings. The zero-order valence-corrected chi connectivity index (χ0v) is 13.7. The van der Waals surface area contributed by atoms with Crippen LogP contribution in [-0.4, -0.2) is 9.78 Å². The molecule has 0 spiro atoms. The highest BCUT2D eigenvalue weighted by molar-refractivity contribution is 9.10. The fourth-order valence-corrected chi connectivity index (χ4v) is 3.07. The topological polar surface area (TPSA) is 43.8 Å². The van der Waals surface area contributed by atoms with Gasteiger partial charge in [0, 0.05) is 10.5 Å². The third-order valence-corrected chi connectivity index (χ3v) is 4.17. The van der Waals surface area contributed by atoms with Crippen LogP contribution in [-0.2, 0) is 0 Å². The van der Waals surface area contributed by atoms with Gasteiger partial charge in [-0.05, 0) is 47.5 Å². The van der Waals surface area contributed by atoms with Gasteiger partial charge in [-0.1, -0.05) is 22.0 Å². The molecular formula is C13H14Br2FN3. The summed E-state index contributed by atoms with van der Waals surface area (Å²) in [5.74, 6) is -0.292. The lowest BCUT2D eigenvalue weighted by atomic mass is 10.0. The van der Waals surface area contributed by atoms with Gasteiger partial charge >= 0.3 is 0 Å². The summed E-state index contributed by atoms with van der Waals surface area (Å²) in [4.78, 5) is 0. The summed E-state index contributed by atoms with van der Waals surface area (Å²) in [6.07, 6.45) is 1.73. The number of benzene rings is 1. The summed E-state index contributed by atoms with van der Waals surface area (Å²) in [5, 5.41) is 4.31. The Hall–Kier alpha value is -0.720. The molecule has 0 aliphatic heterocycles. The fourth-order valence-electron chi connectivity index (χ4n) is 1.95. The molecule has 2 N–H and O–H groups in total. The number of nitrogens with zero attached hydrogens (tertiary/aromatic N) is 2. The molecule has 6 heteroatoms. The van der Waals surface area contributed by atoms with Crippen molar-refractivity contribution < 1.29 is 4.39 Å². The molecule has 102 valence electrons. The maximum atomic E-state index is 13.1. The summed E-state index contributed by atoms with van der Waals surface area (Å²) in [6, 6.07) is 4.33. The molecule has 19 heavy (non-hydrogen) atoms. The second-order valence-corrected chi connectivity index (χ2v) is 6.27. The lowest BCUT2D eigenvalue weighted by Gasteiger charge is -2.19. The lowest BCUT2D eigenvalue weighted by Crippen LogP contribution is -2.19. The van der Waals surface area contributed by atoms with E-state index in [0.29, 0.717) is 4.47 Å². The van der Waals surface area contributed by atoms with Gasteiger partial charge in [-0.3, -0.25) is 4.68 Å². The molecule has 0 radical (unpaired) electrons. The molecular weight excluding hydrogens is 377 g/mol. The first-order valence-electron chi connectivity index (χ1n) is 5.85. The zero-order chi connectivity index (χ0) is 14.2. The van der Waals surface area contributed by atoms with Gasteiger partial charge in [-0.25, -0.2) is 4.39 Å². The van der Waals surface area contributed by atoms with Crippen molar-refractivity contribution >= 4 is 31.9 Å². The van der Waals surface area contributed by atoms with Crippen molar-refractivity contribution in [2.24, 2.45) is 5.73 Å². The molecule has 0 aliphatic carbocycles. The molecule has 1 atom stereocenters. The Bertz CT molecular complexity index is 596. The number of aromatic nitrogens is 2. The molecule has 2 aromatic rings. The van der Waals surface area contributed by atoms with Crippen LogP contribution in [0.1, 0.15) is 37.2 Å². The van der Waals surface area contributed by atoms with Gasteiger partial charge in [-0.15, -0.1) is 0 Å². The maximum Gasteiger partial charge on any atom is 0.124 e. The van der Waals surface area contributed by atoms with Gasteiger partial charge < -0.3 is 5.73 Å². The first-order chi connectivity index (χ1) is 8.91. The molecule has 0 saturated carbocycles. The summed E-state index contributed by atoms with van der Waals surface area (Å²) in [6.45, 7) is 4.07. The first-order valence-corrected chi connectivity index (χ1v) is 7.44. The van der Waals surface area contributed by atoms with Crippen LogP contribution in [0.4, 0.5) is 4.39 Å². The van der Waals surface area contributed by atoms with E-state index in [2.05, 4.69) is 37.0 Å². The van der Waals surface area contributed by atoms with E-state index in [1.165, 1.54) is 12.1 Å². The predicted molar refractivity (Wildman–Crippen MR) is 80.4 cm³/mol. The number of hydrogen-bond donors (Lipinski definition) is 1. The Balaban J connectivity index is 2.49. The third kappa shape index (κ3) is 2.90. The van der Waals surface area contributed by atoms with E-state index in [1.807, 2.05) is 18.5 Å². The molecule has 1 aromatic carbocycles. The van der Waals surface area contributed by atoms with E-state index >= 15 is 0 Å². The van der Waals surface area contributed by atoms with Crippen molar-refractivity contribution in [3.05, 3.63) is 50.4 Å². The Kier molecular flexibility index (Phi) is 4.43. The van der Waals surface area contributed by atoms with Gasteiger partial charge in [-0.2, -0.15) is 5.10 Å². The van der Waals surface area contributed by atoms with E-state index < -0.39 is 0 Å². The van der Waals surface area contributed by atoms with E-state index in [-0.39, 0.29) is 17.9 Å². The van der Waals surface area contributed by atoms with Crippen molar-refractivity contribution in [2.75, 3.05) is 0 Å². The fraction of sp³-hybridized carbons (Fsp3) is 0.308. The van der Waals surface area contributed by atoms with Crippen molar-refractivity contribution in [1.82, 2.24) is 9.78 Å². The summed E-state index contributed by atoms with van der Waals surface area (Å²) < 4.78 is 16.5. The molecule has 0 bridgehead atoms. The van der Waals surface area contributed by atoms with Crippen molar-refractivity contribution in [3.8, 4) is 0 Å².